The number of hydrazone groups is 1. The zero-order chi connectivity index (χ0) is 19.2. The van der Waals surface area contributed by atoms with Crippen LogP contribution in [0.15, 0.2) is 69.1 Å². The number of fused-ring (bicyclic) bond motifs is 1. The predicted octanol–water partition coefficient (Wildman–Crippen LogP) is 1.98. The van der Waals surface area contributed by atoms with Gasteiger partial charge in [0, 0.05) is 5.56 Å². The van der Waals surface area contributed by atoms with Crippen molar-refractivity contribution in [2.45, 2.75) is 6.92 Å². The zero-order valence-electron chi connectivity index (χ0n) is 14.6. The third-order valence-electron chi connectivity index (χ3n) is 3.79. The maximum atomic E-state index is 12.3. The smallest absolute Gasteiger partial charge is 0.259 e. The molecule has 2 aromatic carbocycles. The lowest BCUT2D eigenvalue weighted by atomic mass is 10.1. The molecule has 0 aliphatic carbocycles. The van der Waals surface area contributed by atoms with Gasteiger partial charge in [0.25, 0.3) is 11.8 Å². The lowest BCUT2D eigenvalue weighted by Crippen LogP contribution is -2.35. The highest BCUT2D eigenvalue weighted by Crippen LogP contribution is 2.09. The van der Waals surface area contributed by atoms with Gasteiger partial charge in [-0.05, 0) is 31.2 Å². The Hall–Kier alpha value is -3.74. The van der Waals surface area contributed by atoms with E-state index in [1.165, 1.54) is 12.5 Å². The number of nitrogens with one attached hydrogen (secondary N) is 2. The Morgan fingerprint density at radius 2 is 1.96 bits per heavy atom. The summed E-state index contributed by atoms with van der Waals surface area (Å²) in [4.78, 5) is 36.1. The topological polar surface area (TPSA) is 101 Å². The van der Waals surface area contributed by atoms with Crippen LogP contribution in [0, 0.1) is 6.92 Å². The number of benzene rings is 2. The quantitative estimate of drug-likeness (QED) is 0.535. The molecular formula is C20H17N3O4. The molecule has 136 valence electrons. The maximum Gasteiger partial charge on any atom is 0.259 e. The van der Waals surface area contributed by atoms with Crippen molar-refractivity contribution in [1.29, 1.82) is 0 Å². The van der Waals surface area contributed by atoms with Gasteiger partial charge in [0.1, 0.15) is 11.8 Å². The minimum absolute atomic E-state index is 0.206. The third kappa shape index (κ3) is 4.46. The molecule has 7 heteroatoms. The second-order valence-corrected chi connectivity index (χ2v) is 5.86. The van der Waals surface area contributed by atoms with Gasteiger partial charge in [0.2, 0.25) is 5.43 Å². The number of carbonyl (C=O) groups is 2. The number of para-hydroxylation sites is 1. The van der Waals surface area contributed by atoms with E-state index in [2.05, 4.69) is 15.8 Å². The van der Waals surface area contributed by atoms with Gasteiger partial charge in [-0.3, -0.25) is 14.4 Å². The summed E-state index contributed by atoms with van der Waals surface area (Å²) in [7, 11) is 0. The first-order chi connectivity index (χ1) is 13.0. The van der Waals surface area contributed by atoms with Crippen LogP contribution in [0.4, 0.5) is 0 Å². The van der Waals surface area contributed by atoms with Crippen LogP contribution >= 0.6 is 0 Å². The van der Waals surface area contributed by atoms with E-state index in [1.54, 1.807) is 42.5 Å². The Morgan fingerprint density at radius 3 is 2.78 bits per heavy atom. The molecule has 1 aromatic heterocycles. The first-order valence-corrected chi connectivity index (χ1v) is 8.22. The molecule has 27 heavy (non-hydrogen) atoms. The van der Waals surface area contributed by atoms with Crippen molar-refractivity contribution in [2.24, 2.45) is 5.10 Å². The molecule has 0 fully saturated rings. The Morgan fingerprint density at radius 1 is 1.15 bits per heavy atom. The highest BCUT2D eigenvalue weighted by atomic mass is 16.3. The number of carbonyl (C=O) groups excluding carboxylic acids is 2. The Balaban J connectivity index is 1.57. The molecule has 0 radical (unpaired) electrons. The molecule has 0 unspecified atom stereocenters. The van der Waals surface area contributed by atoms with Crippen LogP contribution in [0.25, 0.3) is 11.0 Å². The first kappa shape index (κ1) is 18.1. The first-order valence-electron chi connectivity index (χ1n) is 8.22. The molecule has 0 aliphatic heterocycles. The molecule has 0 saturated heterocycles. The SMILES string of the molecule is Cc1cccc(C(=O)NCC(=O)NN=Cc2coc3ccccc3c2=O)c1. The molecule has 0 aliphatic rings. The van der Waals surface area contributed by atoms with Crippen LogP contribution in [0.5, 0.6) is 0 Å². The van der Waals surface area contributed by atoms with Gasteiger partial charge in [-0.15, -0.1) is 0 Å². The normalized spacial score (nSPS) is 10.9. The van der Waals surface area contributed by atoms with E-state index >= 15 is 0 Å². The van der Waals surface area contributed by atoms with Crippen LogP contribution in [-0.4, -0.2) is 24.6 Å². The Kier molecular flexibility index (Phi) is 5.41. The molecular weight excluding hydrogens is 346 g/mol. The highest BCUT2D eigenvalue weighted by Gasteiger charge is 2.08. The van der Waals surface area contributed by atoms with Crippen molar-refractivity contribution in [3.63, 3.8) is 0 Å². The third-order valence-corrected chi connectivity index (χ3v) is 3.79. The highest BCUT2D eigenvalue weighted by molar-refractivity contribution is 5.96. The van der Waals surface area contributed by atoms with Gasteiger partial charge in [-0.2, -0.15) is 5.10 Å². The molecule has 3 rings (SSSR count). The van der Waals surface area contributed by atoms with Crippen molar-refractivity contribution in [2.75, 3.05) is 6.54 Å². The van der Waals surface area contributed by atoms with Gasteiger partial charge in [-0.25, -0.2) is 5.43 Å². The fourth-order valence-corrected chi connectivity index (χ4v) is 2.44. The summed E-state index contributed by atoms with van der Waals surface area (Å²) < 4.78 is 5.36. The van der Waals surface area contributed by atoms with E-state index in [4.69, 9.17) is 4.42 Å². The molecule has 2 N–H and O–H groups in total. The van der Waals surface area contributed by atoms with Gasteiger partial charge in [0.05, 0.1) is 23.7 Å². The van der Waals surface area contributed by atoms with E-state index in [1.807, 2.05) is 13.0 Å². The van der Waals surface area contributed by atoms with Crippen LogP contribution < -0.4 is 16.2 Å². The summed E-state index contributed by atoms with van der Waals surface area (Å²) in [6.07, 6.45) is 2.48. The number of rotatable bonds is 5. The second kappa shape index (κ2) is 8.09. The largest absolute Gasteiger partial charge is 0.463 e. The van der Waals surface area contributed by atoms with Crippen molar-refractivity contribution in [3.8, 4) is 0 Å². The van der Waals surface area contributed by atoms with E-state index in [0.717, 1.165) is 5.56 Å². The summed E-state index contributed by atoms with van der Waals surface area (Å²) in [6.45, 7) is 1.64. The van der Waals surface area contributed by atoms with Gasteiger partial charge in [0.15, 0.2) is 0 Å². The predicted molar refractivity (Wildman–Crippen MR) is 102 cm³/mol. The molecule has 2 amide bonds. The number of nitrogens with zero attached hydrogens (tertiary/aromatic N) is 1. The lowest BCUT2D eigenvalue weighted by molar-refractivity contribution is -0.120. The van der Waals surface area contributed by atoms with E-state index in [9.17, 15) is 14.4 Å². The minimum Gasteiger partial charge on any atom is -0.463 e. The summed E-state index contributed by atoms with van der Waals surface area (Å²) in [5, 5.41) is 6.67. The summed E-state index contributed by atoms with van der Waals surface area (Å²) in [5.74, 6) is -0.870. The van der Waals surface area contributed by atoms with E-state index in [-0.39, 0.29) is 23.4 Å². The Labute approximate surface area is 154 Å². The average molecular weight is 363 g/mol. The lowest BCUT2D eigenvalue weighted by Gasteiger charge is -2.05. The van der Waals surface area contributed by atoms with Crippen LogP contribution in [-0.2, 0) is 4.79 Å². The van der Waals surface area contributed by atoms with Crippen molar-refractivity contribution in [1.82, 2.24) is 10.7 Å². The summed E-state index contributed by atoms with van der Waals surface area (Å²) >= 11 is 0. The molecule has 0 bridgehead atoms. The van der Waals surface area contributed by atoms with E-state index < -0.39 is 5.91 Å². The average Bonchev–Trinajstić information content (AvgIpc) is 2.68. The standard InChI is InChI=1S/C20H17N3O4/c1-13-5-4-6-14(9-13)20(26)21-11-18(24)23-22-10-15-12-27-17-8-3-2-7-16(17)19(15)25/h2-10,12H,11H2,1H3,(H,21,26)(H,23,24). The van der Waals surface area contributed by atoms with Crippen LogP contribution in [0.3, 0.4) is 0 Å². The van der Waals surface area contributed by atoms with Gasteiger partial charge < -0.3 is 9.73 Å². The van der Waals surface area contributed by atoms with Crippen molar-refractivity contribution in [3.05, 3.63) is 81.7 Å². The van der Waals surface area contributed by atoms with E-state index in [0.29, 0.717) is 16.5 Å². The molecule has 0 spiro atoms. The van der Waals surface area contributed by atoms with Crippen molar-refractivity contribution >= 4 is 29.0 Å². The Bertz CT molecular complexity index is 1090. The fourth-order valence-electron chi connectivity index (χ4n) is 2.44. The zero-order valence-corrected chi connectivity index (χ0v) is 14.6. The summed E-state index contributed by atoms with van der Waals surface area (Å²) in [5.41, 5.74) is 4.12. The fraction of sp³-hybridized carbons (Fsp3) is 0.100. The monoisotopic (exact) mass is 363 g/mol. The molecule has 3 aromatic rings. The molecule has 1 heterocycles. The summed E-state index contributed by atoms with van der Waals surface area (Å²) in [6, 6.07) is 13.9. The maximum absolute atomic E-state index is 12.3. The minimum atomic E-state index is -0.516. The number of hydrogen-bond acceptors (Lipinski definition) is 5. The molecule has 7 nitrogen and oxygen atoms in total. The number of hydrogen-bond donors (Lipinski definition) is 2. The van der Waals surface area contributed by atoms with Gasteiger partial charge in [-0.1, -0.05) is 29.8 Å². The van der Waals surface area contributed by atoms with Crippen LogP contribution in [0.1, 0.15) is 21.5 Å². The second-order valence-electron chi connectivity index (χ2n) is 5.86. The molecule has 0 saturated carbocycles. The molecule has 0 atom stereocenters. The number of amides is 2. The van der Waals surface area contributed by atoms with Gasteiger partial charge >= 0.3 is 0 Å². The number of aryl methyl sites for hydroxylation is 1. The van der Waals surface area contributed by atoms with Crippen molar-refractivity contribution < 1.29 is 14.0 Å². The van der Waals surface area contributed by atoms with Crippen LogP contribution in [0.2, 0.25) is 0 Å².